The average Bonchev–Trinajstić information content (AvgIpc) is 2.88. The summed E-state index contributed by atoms with van der Waals surface area (Å²) in [5, 5.41) is 0. The maximum Gasteiger partial charge on any atom is 0.183 e. The molecule has 0 saturated carbocycles. The van der Waals surface area contributed by atoms with Crippen LogP contribution in [0.25, 0.3) is 0 Å². The summed E-state index contributed by atoms with van der Waals surface area (Å²) in [6.45, 7) is 2.57. The molecule has 2 heterocycles. The largest absolute Gasteiger partial charge is 0.292 e. The summed E-state index contributed by atoms with van der Waals surface area (Å²) < 4.78 is 0. The van der Waals surface area contributed by atoms with E-state index in [9.17, 15) is 19.2 Å². The molecule has 0 bridgehead atoms. The molecule has 8 heteroatoms. The van der Waals surface area contributed by atoms with Crippen molar-refractivity contribution in [2.45, 2.75) is 13.1 Å². The first-order valence-electron chi connectivity index (χ1n) is 11.6. The van der Waals surface area contributed by atoms with Gasteiger partial charge in [-0.2, -0.15) is 0 Å². The Morgan fingerprint density at radius 1 is 0.556 bits per heavy atom. The Morgan fingerprint density at radius 2 is 1.00 bits per heavy atom. The number of carbonyl (C=O) groups is 4. The van der Waals surface area contributed by atoms with Crippen molar-refractivity contribution in [1.29, 1.82) is 0 Å². The van der Waals surface area contributed by atoms with Crippen LogP contribution in [-0.2, 0) is 32.3 Å². The van der Waals surface area contributed by atoms with E-state index >= 15 is 0 Å². The van der Waals surface area contributed by atoms with Gasteiger partial charge in [0.1, 0.15) is 0 Å². The normalized spacial score (nSPS) is 15.6. The van der Waals surface area contributed by atoms with Gasteiger partial charge in [0.05, 0.1) is 11.4 Å². The number of pyridine rings is 2. The molecule has 36 heavy (non-hydrogen) atoms. The highest BCUT2D eigenvalue weighted by molar-refractivity contribution is 6.18. The Balaban J connectivity index is 1.52. The van der Waals surface area contributed by atoms with Crippen molar-refractivity contribution in [3.05, 3.63) is 108 Å². The number of nitrogens with zero attached hydrogens (tertiary/aromatic N) is 4. The maximum atomic E-state index is 12.4. The van der Waals surface area contributed by atoms with Crippen LogP contribution in [0.2, 0.25) is 0 Å². The zero-order valence-corrected chi connectivity index (χ0v) is 19.7. The van der Waals surface area contributed by atoms with Crippen LogP contribution in [0.3, 0.4) is 0 Å². The number of carbonyl (C=O) groups excluding carboxylic acids is 4. The predicted molar refractivity (Wildman–Crippen MR) is 134 cm³/mol. The summed E-state index contributed by atoms with van der Waals surface area (Å²) in [6.07, 6.45) is 11.3. The highest BCUT2D eigenvalue weighted by Gasteiger charge is 2.21. The van der Waals surface area contributed by atoms with Crippen molar-refractivity contribution in [3.63, 3.8) is 0 Å². The van der Waals surface area contributed by atoms with Crippen LogP contribution in [-0.4, -0.2) is 69.1 Å². The van der Waals surface area contributed by atoms with Crippen molar-refractivity contribution in [2.24, 2.45) is 0 Å². The van der Waals surface area contributed by atoms with Gasteiger partial charge in [0.15, 0.2) is 23.1 Å². The monoisotopic (exact) mass is 482 g/mol. The highest BCUT2D eigenvalue weighted by Crippen LogP contribution is 2.14. The lowest BCUT2D eigenvalue weighted by molar-refractivity contribution is -0.114. The van der Waals surface area contributed by atoms with Crippen molar-refractivity contribution in [2.75, 3.05) is 26.2 Å². The second kappa shape index (κ2) is 12.0. The third-order valence-corrected chi connectivity index (χ3v) is 5.81. The summed E-state index contributed by atoms with van der Waals surface area (Å²) >= 11 is 0. The minimum absolute atomic E-state index is 0.186. The van der Waals surface area contributed by atoms with Gasteiger partial charge >= 0.3 is 0 Å². The van der Waals surface area contributed by atoms with Gasteiger partial charge in [-0.15, -0.1) is 0 Å². The van der Waals surface area contributed by atoms with Crippen LogP contribution in [0.1, 0.15) is 11.4 Å². The first-order chi connectivity index (χ1) is 17.5. The van der Waals surface area contributed by atoms with E-state index in [4.69, 9.17) is 0 Å². The van der Waals surface area contributed by atoms with Crippen molar-refractivity contribution >= 4 is 23.1 Å². The molecule has 0 spiro atoms. The average molecular weight is 483 g/mol. The quantitative estimate of drug-likeness (QED) is 0.449. The second-order valence-corrected chi connectivity index (χ2v) is 8.60. The second-order valence-electron chi connectivity index (χ2n) is 8.60. The van der Waals surface area contributed by atoms with Crippen LogP contribution in [0.5, 0.6) is 0 Å². The fourth-order valence-corrected chi connectivity index (χ4v) is 3.99. The number of aromatic nitrogens is 2. The van der Waals surface area contributed by atoms with E-state index in [1.54, 1.807) is 12.4 Å². The summed E-state index contributed by atoms with van der Waals surface area (Å²) in [5.74, 6) is -0.789. The van der Waals surface area contributed by atoms with E-state index in [0.29, 0.717) is 37.3 Å². The van der Waals surface area contributed by atoms with Crippen molar-refractivity contribution < 1.29 is 19.2 Å². The maximum absolute atomic E-state index is 12.4. The lowest BCUT2D eigenvalue weighted by Crippen LogP contribution is -2.38. The molecule has 0 N–H and O–H groups in total. The molecular weight excluding hydrogens is 456 g/mol. The third-order valence-electron chi connectivity index (χ3n) is 5.81. The Kier molecular flexibility index (Phi) is 8.33. The van der Waals surface area contributed by atoms with Gasteiger partial charge in [-0.25, -0.2) is 0 Å². The van der Waals surface area contributed by atoms with Crippen LogP contribution in [0, 0.1) is 0 Å². The Bertz CT molecular complexity index is 1160. The Morgan fingerprint density at radius 3 is 1.39 bits per heavy atom. The molecule has 0 aromatic carbocycles. The van der Waals surface area contributed by atoms with Crippen molar-refractivity contribution in [3.8, 4) is 0 Å². The number of rotatable bonds is 11. The lowest BCUT2D eigenvalue weighted by atomic mass is 10.0. The smallest absolute Gasteiger partial charge is 0.183 e. The highest BCUT2D eigenvalue weighted by atomic mass is 16.1. The number of hydrogen-bond acceptors (Lipinski definition) is 8. The summed E-state index contributed by atoms with van der Waals surface area (Å²) in [6, 6.07) is 11.3. The standard InChI is InChI=1S/C28H26N4O4/c33-25-7-9-27(35)21(15-25)17-31(19-23-5-1-3-11-29-23)13-14-32(20-24-6-2-4-12-30-24)18-22-16-26(34)8-10-28(22)36/h1-12,15-16H,13-14,17-20H2. The summed E-state index contributed by atoms with van der Waals surface area (Å²) in [5.41, 5.74) is 2.52. The molecule has 2 aliphatic carbocycles. The topological polar surface area (TPSA) is 101 Å². The minimum Gasteiger partial charge on any atom is -0.292 e. The van der Waals surface area contributed by atoms with Gasteiger partial charge in [-0.05, 0) is 60.7 Å². The first kappa shape index (κ1) is 25.0. The van der Waals surface area contributed by atoms with E-state index in [1.807, 2.05) is 46.2 Å². The predicted octanol–water partition coefficient (Wildman–Crippen LogP) is 2.05. The molecular formula is C28H26N4O4. The zero-order chi connectivity index (χ0) is 25.3. The third kappa shape index (κ3) is 7.18. The van der Waals surface area contributed by atoms with Gasteiger partial charge in [0, 0.05) is 62.8 Å². The van der Waals surface area contributed by atoms with E-state index in [1.165, 1.54) is 36.5 Å². The Labute approximate surface area is 209 Å². The summed E-state index contributed by atoms with van der Waals surface area (Å²) in [7, 11) is 0. The number of allylic oxidation sites excluding steroid dienone is 6. The molecule has 0 saturated heterocycles. The number of hydrogen-bond donors (Lipinski definition) is 0. The van der Waals surface area contributed by atoms with Gasteiger partial charge in [0.25, 0.3) is 0 Å². The van der Waals surface area contributed by atoms with Gasteiger partial charge in [0.2, 0.25) is 0 Å². The summed E-state index contributed by atoms with van der Waals surface area (Å²) in [4.78, 5) is 61.4. The Hall–Kier alpha value is -4.14. The van der Waals surface area contributed by atoms with Gasteiger partial charge in [-0.1, -0.05) is 12.1 Å². The molecule has 0 fully saturated rings. The molecule has 8 nitrogen and oxygen atoms in total. The van der Waals surface area contributed by atoms with E-state index < -0.39 is 0 Å². The minimum atomic E-state index is -0.209. The lowest BCUT2D eigenvalue weighted by Gasteiger charge is -2.28. The molecule has 0 aliphatic heterocycles. The molecule has 2 aromatic heterocycles. The van der Waals surface area contributed by atoms with Crippen LogP contribution in [0.4, 0.5) is 0 Å². The molecule has 0 unspecified atom stereocenters. The SMILES string of the molecule is O=C1C=CC(=O)C(CN(CCN(CC2=CC(=O)C=CC2=O)Cc2ccccn2)Cc2ccccn2)=C1. The van der Waals surface area contributed by atoms with Crippen LogP contribution >= 0.6 is 0 Å². The van der Waals surface area contributed by atoms with E-state index in [0.717, 1.165) is 11.4 Å². The molecule has 4 rings (SSSR count). The molecule has 0 atom stereocenters. The van der Waals surface area contributed by atoms with Gasteiger partial charge < -0.3 is 0 Å². The fourth-order valence-electron chi connectivity index (χ4n) is 3.99. The first-order valence-corrected chi connectivity index (χ1v) is 11.6. The molecule has 0 radical (unpaired) electrons. The molecule has 0 amide bonds. The van der Waals surface area contributed by atoms with E-state index in [-0.39, 0.29) is 36.2 Å². The number of ketones is 4. The molecule has 2 aromatic rings. The molecule has 2 aliphatic rings. The van der Waals surface area contributed by atoms with Gasteiger partial charge in [-0.3, -0.25) is 38.9 Å². The van der Waals surface area contributed by atoms with Crippen LogP contribution in [0.15, 0.2) is 96.4 Å². The van der Waals surface area contributed by atoms with Crippen molar-refractivity contribution in [1.82, 2.24) is 19.8 Å². The van der Waals surface area contributed by atoms with Crippen LogP contribution < -0.4 is 0 Å². The molecule has 182 valence electrons. The fraction of sp³-hybridized carbons (Fsp3) is 0.214. The van der Waals surface area contributed by atoms with E-state index in [2.05, 4.69) is 9.97 Å². The zero-order valence-electron chi connectivity index (χ0n) is 19.7.